The second-order valence-corrected chi connectivity index (χ2v) is 5.62. The summed E-state index contributed by atoms with van der Waals surface area (Å²) in [5, 5.41) is 11.5. The molecule has 0 aliphatic carbocycles. The van der Waals surface area contributed by atoms with E-state index < -0.39 is 4.92 Å². The molecule has 24 heavy (non-hydrogen) atoms. The smallest absolute Gasteiger partial charge is 0.299 e. The second-order valence-electron chi connectivity index (χ2n) is 5.62. The SMILES string of the molecule is COc1cc([N+](=O)[O-])c(N(CCCN(C)C)c2ccccc2)cn1. The molecule has 1 aromatic carbocycles. The Hall–Kier alpha value is -2.67. The molecule has 0 aliphatic rings. The van der Waals surface area contributed by atoms with Crippen molar-refractivity contribution in [2.45, 2.75) is 6.42 Å². The first-order valence-corrected chi connectivity index (χ1v) is 7.68. The summed E-state index contributed by atoms with van der Waals surface area (Å²) in [4.78, 5) is 19.3. The Morgan fingerprint density at radius 1 is 1.21 bits per heavy atom. The highest BCUT2D eigenvalue weighted by Gasteiger charge is 2.22. The van der Waals surface area contributed by atoms with Gasteiger partial charge in [-0.2, -0.15) is 0 Å². The minimum absolute atomic E-state index is 0.0180. The molecule has 0 atom stereocenters. The van der Waals surface area contributed by atoms with Gasteiger partial charge in [0.1, 0.15) is 5.69 Å². The molecule has 0 unspecified atom stereocenters. The van der Waals surface area contributed by atoms with Gasteiger partial charge in [0.25, 0.3) is 5.69 Å². The summed E-state index contributed by atoms with van der Waals surface area (Å²) in [5.41, 5.74) is 1.34. The summed E-state index contributed by atoms with van der Waals surface area (Å²) in [6.07, 6.45) is 2.37. The van der Waals surface area contributed by atoms with Gasteiger partial charge in [-0.15, -0.1) is 0 Å². The van der Waals surface area contributed by atoms with E-state index in [-0.39, 0.29) is 11.6 Å². The number of pyridine rings is 1. The van der Waals surface area contributed by atoms with E-state index in [0.29, 0.717) is 12.2 Å². The summed E-state index contributed by atoms with van der Waals surface area (Å²) in [6, 6.07) is 11.0. The van der Waals surface area contributed by atoms with E-state index in [4.69, 9.17) is 4.74 Å². The van der Waals surface area contributed by atoms with Crippen molar-refractivity contribution in [3.05, 3.63) is 52.7 Å². The number of aromatic nitrogens is 1. The highest BCUT2D eigenvalue weighted by Crippen LogP contribution is 2.34. The number of methoxy groups -OCH3 is 1. The zero-order valence-electron chi connectivity index (χ0n) is 14.2. The van der Waals surface area contributed by atoms with E-state index in [1.807, 2.05) is 49.3 Å². The van der Waals surface area contributed by atoms with Crippen LogP contribution in [0.1, 0.15) is 6.42 Å². The Kier molecular flexibility index (Phi) is 6.08. The van der Waals surface area contributed by atoms with E-state index >= 15 is 0 Å². The Morgan fingerprint density at radius 3 is 2.50 bits per heavy atom. The lowest BCUT2D eigenvalue weighted by Gasteiger charge is -2.25. The number of para-hydroxylation sites is 1. The minimum atomic E-state index is -0.401. The first kappa shape index (κ1) is 17.7. The molecular formula is C17H22N4O3. The second kappa shape index (κ2) is 8.26. The lowest BCUT2D eigenvalue weighted by Crippen LogP contribution is -2.24. The third-order valence-corrected chi connectivity index (χ3v) is 3.59. The lowest BCUT2D eigenvalue weighted by molar-refractivity contribution is -0.384. The molecule has 0 N–H and O–H groups in total. The van der Waals surface area contributed by atoms with Gasteiger partial charge in [-0.25, -0.2) is 4.98 Å². The number of benzene rings is 1. The van der Waals surface area contributed by atoms with E-state index in [9.17, 15) is 10.1 Å². The molecule has 0 saturated heterocycles. The molecule has 0 spiro atoms. The number of hydrogen-bond acceptors (Lipinski definition) is 6. The van der Waals surface area contributed by atoms with Crippen LogP contribution in [0.25, 0.3) is 0 Å². The predicted octanol–water partition coefficient (Wildman–Crippen LogP) is 3.09. The van der Waals surface area contributed by atoms with Crippen LogP contribution >= 0.6 is 0 Å². The Morgan fingerprint density at radius 2 is 1.92 bits per heavy atom. The number of ether oxygens (including phenoxy) is 1. The van der Waals surface area contributed by atoms with E-state index in [1.54, 1.807) is 0 Å². The molecule has 0 saturated carbocycles. The zero-order valence-corrected chi connectivity index (χ0v) is 14.2. The number of hydrogen-bond donors (Lipinski definition) is 0. The van der Waals surface area contributed by atoms with Crippen molar-refractivity contribution in [1.29, 1.82) is 0 Å². The zero-order chi connectivity index (χ0) is 17.5. The van der Waals surface area contributed by atoms with E-state index in [2.05, 4.69) is 9.88 Å². The van der Waals surface area contributed by atoms with Crippen LogP contribution in [0.5, 0.6) is 5.88 Å². The molecule has 7 heteroatoms. The fraction of sp³-hybridized carbons (Fsp3) is 0.353. The highest BCUT2D eigenvalue weighted by atomic mass is 16.6. The number of nitro groups is 1. The van der Waals surface area contributed by atoms with Crippen LogP contribution in [0.4, 0.5) is 17.1 Å². The molecule has 2 rings (SSSR count). The van der Waals surface area contributed by atoms with Crippen molar-refractivity contribution in [3.8, 4) is 5.88 Å². The van der Waals surface area contributed by atoms with Crippen LogP contribution in [-0.4, -0.2) is 49.1 Å². The monoisotopic (exact) mass is 330 g/mol. The maximum absolute atomic E-state index is 11.5. The molecular weight excluding hydrogens is 308 g/mol. The predicted molar refractivity (Wildman–Crippen MR) is 94.1 cm³/mol. The van der Waals surface area contributed by atoms with Crippen LogP contribution in [0.15, 0.2) is 42.6 Å². The van der Waals surface area contributed by atoms with Crippen molar-refractivity contribution >= 4 is 17.1 Å². The Bertz CT molecular complexity index is 677. The van der Waals surface area contributed by atoms with Gasteiger partial charge in [0.05, 0.1) is 24.3 Å². The largest absolute Gasteiger partial charge is 0.481 e. The topological polar surface area (TPSA) is 71.7 Å². The van der Waals surface area contributed by atoms with Crippen LogP contribution < -0.4 is 9.64 Å². The number of rotatable bonds is 8. The molecule has 2 aromatic rings. The molecule has 0 fully saturated rings. The fourth-order valence-corrected chi connectivity index (χ4v) is 2.43. The third-order valence-electron chi connectivity index (χ3n) is 3.59. The number of nitrogens with zero attached hydrogens (tertiary/aromatic N) is 4. The standard InChI is InChI=1S/C17H22N4O3/c1-19(2)10-7-11-20(14-8-5-4-6-9-14)16-13-18-17(24-3)12-15(16)21(22)23/h4-6,8-9,12-13H,7,10-11H2,1-3H3. The third kappa shape index (κ3) is 4.42. The fourth-order valence-electron chi connectivity index (χ4n) is 2.43. The van der Waals surface area contributed by atoms with Gasteiger partial charge in [-0.3, -0.25) is 10.1 Å². The maximum Gasteiger partial charge on any atom is 0.299 e. The van der Waals surface area contributed by atoms with Crippen LogP contribution in [0, 0.1) is 10.1 Å². The van der Waals surface area contributed by atoms with Gasteiger partial charge in [0.15, 0.2) is 0 Å². The summed E-state index contributed by atoms with van der Waals surface area (Å²) in [6.45, 7) is 1.54. The lowest BCUT2D eigenvalue weighted by atomic mass is 10.2. The van der Waals surface area contributed by atoms with Gasteiger partial charge in [0, 0.05) is 12.2 Å². The Balaban J connectivity index is 2.41. The molecule has 0 aliphatic heterocycles. The maximum atomic E-state index is 11.5. The molecule has 0 radical (unpaired) electrons. The van der Waals surface area contributed by atoms with Crippen molar-refractivity contribution in [2.24, 2.45) is 0 Å². The quantitative estimate of drug-likeness (QED) is 0.547. The normalized spacial score (nSPS) is 10.7. The average molecular weight is 330 g/mol. The molecule has 1 aromatic heterocycles. The first-order valence-electron chi connectivity index (χ1n) is 7.68. The number of anilines is 2. The highest BCUT2D eigenvalue weighted by molar-refractivity contribution is 5.71. The molecule has 7 nitrogen and oxygen atoms in total. The summed E-state index contributed by atoms with van der Waals surface area (Å²) in [5.74, 6) is 0.228. The van der Waals surface area contributed by atoms with Crippen molar-refractivity contribution < 1.29 is 9.66 Å². The Labute approximate surface area is 141 Å². The summed E-state index contributed by atoms with van der Waals surface area (Å²) < 4.78 is 5.02. The van der Waals surface area contributed by atoms with Gasteiger partial charge < -0.3 is 14.5 Å². The van der Waals surface area contributed by atoms with Gasteiger partial charge in [-0.1, -0.05) is 18.2 Å². The van der Waals surface area contributed by atoms with Crippen LogP contribution in [-0.2, 0) is 0 Å². The van der Waals surface area contributed by atoms with E-state index in [0.717, 1.165) is 18.7 Å². The molecule has 128 valence electrons. The van der Waals surface area contributed by atoms with Gasteiger partial charge in [0.2, 0.25) is 5.88 Å². The average Bonchev–Trinajstić information content (AvgIpc) is 2.59. The summed E-state index contributed by atoms with van der Waals surface area (Å²) >= 11 is 0. The van der Waals surface area contributed by atoms with Crippen LogP contribution in [0.2, 0.25) is 0 Å². The van der Waals surface area contributed by atoms with E-state index in [1.165, 1.54) is 19.4 Å². The van der Waals surface area contributed by atoms with Crippen molar-refractivity contribution in [2.75, 3.05) is 39.2 Å². The van der Waals surface area contributed by atoms with Gasteiger partial charge >= 0.3 is 0 Å². The van der Waals surface area contributed by atoms with Crippen molar-refractivity contribution in [3.63, 3.8) is 0 Å². The first-order chi connectivity index (χ1) is 11.5. The van der Waals surface area contributed by atoms with Gasteiger partial charge in [-0.05, 0) is 39.2 Å². The summed E-state index contributed by atoms with van der Waals surface area (Å²) in [7, 11) is 5.45. The molecule has 1 heterocycles. The molecule has 0 bridgehead atoms. The van der Waals surface area contributed by atoms with Crippen LogP contribution in [0.3, 0.4) is 0 Å². The molecule has 0 amide bonds. The minimum Gasteiger partial charge on any atom is -0.481 e. The van der Waals surface area contributed by atoms with Crippen molar-refractivity contribution in [1.82, 2.24) is 9.88 Å².